The molecule has 3 rings (SSSR count). The van der Waals surface area contributed by atoms with E-state index in [1.54, 1.807) is 21.9 Å². The van der Waals surface area contributed by atoms with Crippen molar-refractivity contribution in [3.63, 3.8) is 0 Å². The number of carbonyl (C=O) groups is 3. The van der Waals surface area contributed by atoms with Crippen LogP contribution in [0.4, 0.5) is 4.39 Å². The van der Waals surface area contributed by atoms with Crippen molar-refractivity contribution < 1.29 is 23.5 Å². The number of fused-ring (bicyclic) bond motifs is 1. The molecular formula is C18H22FN3O4. The Morgan fingerprint density at radius 1 is 1.27 bits per heavy atom. The predicted molar refractivity (Wildman–Crippen MR) is 90.4 cm³/mol. The van der Waals surface area contributed by atoms with E-state index in [1.807, 2.05) is 0 Å². The third-order valence-corrected chi connectivity index (χ3v) is 4.79. The van der Waals surface area contributed by atoms with Crippen LogP contribution < -0.4 is 0 Å². The number of piperazine rings is 1. The largest absolute Gasteiger partial charge is 0.375 e. The van der Waals surface area contributed by atoms with Crippen molar-refractivity contribution in [2.24, 2.45) is 0 Å². The highest BCUT2D eigenvalue weighted by atomic mass is 19.1. The van der Waals surface area contributed by atoms with E-state index in [9.17, 15) is 18.8 Å². The van der Waals surface area contributed by atoms with Gasteiger partial charge in [0.05, 0.1) is 0 Å². The zero-order chi connectivity index (χ0) is 18.7. The third kappa shape index (κ3) is 3.85. The number of methoxy groups -OCH3 is 1. The molecule has 26 heavy (non-hydrogen) atoms. The van der Waals surface area contributed by atoms with Gasteiger partial charge in [0.2, 0.25) is 17.7 Å². The van der Waals surface area contributed by atoms with Gasteiger partial charge in [-0.1, -0.05) is 12.1 Å². The molecule has 2 heterocycles. The normalized spacial score (nSPS) is 20.8. The predicted octanol–water partition coefficient (Wildman–Crippen LogP) is 0.244. The van der Waals surface area contributed by atoms with E-state index in [0.29, 0.717) is 31.6 Å². The Hall–Kier alpha value is -2.48. The molecule has 8 heteroatoms. The molecule has 0 aromatic heterocycles. The lowest BCUT2D eigenvalue weighted by Crippen LogP contribution is -2.59. The summed E-state index contributed by atoms with van der Waals surface area (Å²) in [5, 5.41) is 0. The zero-order valence-corrected chi connectivity index (χ0v) is 14.7. The smallest absolute Gasteiger partial charge is 0.248 e. The van der Waals surface area contributed by atoms with Gasteiger partial charge >= 0.3 is 0 Å². The first-order valence-electron chi connectivity index (χ1n) is 8.59. The lowest BCUT2D eigenvalue weighted by Gasteiger charge is -2.39. The number of hydrogen-bond acceptors (Lipinski definition) is 4. The van der Waals surface area contributed by atoms with Crippen LogP contribution in [-0.4, -0.2) is 78.4 Å². The average molecular weight is 363 g/mol. The first-order chi connectivity index (χ1) is 12.5. The Labute approximate surface area is 151 Å². The minimum Gasteiger partial charge on any atom is -0.375 e. The molecule has 2 saturated heterocycles. The highest BCUT2D eigenvalue weighted by Crippen LogP contribution is 2.21. The van der Waals surface area contributed by atoms with Crippen LogP contribution >= 0.6 is 0 Å². The summed E-state index contributed by atoms with van der Waals surface area (Å²) in [5.74, 6) is -0.826. The molecule has 0 radical (unpaired) electrons. The molecule has 3 amide bonds. The van der Waals surface area contributed by atoms with Crippen molar-refractivity contribution in [3.8, 4) is 0 Å². The number of rotatable bonds is 4. The molecule has 1 atom stereocenters. The van der Waals surface area contributed by atoms with Gasteiger partial charge in [0.1, 0.15) is 25.0 Å². The maximum atomic E-state index is 13.4. The second-order valence-electron chi connectivity index (χ2n) is 6.53. The molecular weight excluding hydrogens is 341 g/mol. The highest BCUT2D eigenvalue weighted by molar-refractivity contribution is 5.95. The van der Waals surface area contributed by atoms with Crippen LogP contribution in [0.5, 0.6) is 0 Å². The standard InChI is InChI=1S/C18H22FN3O4/c1-26-12-17(24)20-6-5-15-18(25)21(11-16(23)22(15)8-7-20)10-13-3-2-4-14(19)9-13/h2-4,9,15H,5-8,10-12H2,1H3. The minimum absolute atomic E-state index is 0.0156. The summed E-state index contributed by atoms with van der Waals surface area (Å²) in [6, 6.07) is 5.43. The molecule has 0 N–H and O–H groups in total. The van der Waals surface area contributed by atoms with Gasteiger partial charge in [0.15, 0.2) is 0 Å². The summed E-state index contributed by atoms with van der Waals surface area (Å²) in [4.78, 5) is 42.1. The molecule has 1 aromatic rings. The molecule has 7 nitrogen and oxygen atoms in total. The number of ether oxygens (including phenoxy) is 1. The zero-order valence-electron chi connectivity index (χ0n) is 14.7. The molecule has 1 unspecified atom stereocenters. The van der Waals surface area contributed by atoms with Crippen molar-refractivity contribution in [1.82, 2.24) is 14.7 Å². The lowest BCUT2D eigenvalue weighted by molar-refractivity contribution is -0.156. The van der Waals surface area contributed by atoms with E-state index < -0.39 is 6.04 Å². The lowest BCUT2D eigenvalue weighted by atomic mass is 10.1. The van der Waals surface area contributed by atoms with Crippen molar-refractivity contribution in [2.45, 2.75) is 19.0 Å². The van der Waals surface area contributed by atoms with E-state index in [-0.39, 0.29) is 43.2 Å². The fraction of sp³-hybridized carbons (Fsp3) is 0.500. The van der Waals surface area contributed by atoms with Crippen molar-refractivity contribution in [3.05, 3.63) is 35.6 Å². The Bertz CT molecular complexity index is 711. The third-order valence-electron chi connectivity index (χ3n) is 4.79. The van der Waals surface area contributed by atoms with Gasteiger partial charge in [-0.05, 0) is 24.1 Å². The fourth-order valence-electron chi connectivity index (χ4n) is 3.48. The summed E-state index contributed by atoms with van der Waals surface area (Å²) in [7, 11) is 1.45. The quantitative estimate of drug-likeness (QED) is 0.769. The molecule has 1 aromatic carbocycles. The van der Waals surface area contributed by atoms with Gasteiger partial charge in [-0.2, -0.15) is 0 Å². The average Bonchev–Trinajstić information content (AvgIpc) is 2.83. The van der Waals surface area contributed by atoms with Crippen LogP contribution in [0, 0.1) is 5.82 Å². The summed E-state index contributed by atoms with van der Waals surface area (Å²) >= 11 is 0. The Morgan fingerprint density at radius 2 is 2.08 bits per heavy atom. The SMILES string of the molecule is COCC(=O)N1CCC2C(=O)N(Cc3cccc(F)c3)CC(=O)N2CC1. The molecule has 0 saturated carbocycles. The topological polar surface area (TPSA) is 70.2 Å². The van der Waals surface area contributed by atoms with E-state index in [2.05, 4.69) is 0 Å². The van der Waals surface area contributed by atoms with Crippen molar-refractivity contribution >= 4 is 17.7 Å². The summed E-state index contributed by atoms with van der Waals surface area (Å²) < 4.78 is 18.2. The van der Waals surface area contributed by atoms with Gasteiger partial charge < -0.3 is 19.4 Å². The van der Waals surface area contributed by atoms with Gasteiger partial charge in [0, 0.05) is 33.3 Å². The number of benzene rings is 1. The van der Waals surface area contributed by atoms with E-state index >= 15 is 0 Å². The number of hydrogen-bond donors (Lipinski definition) is 0. The highest BCUT2D eigenvalue weighted by Gasteiger charge is 2.41. The first-order valence-corrected chi connectivity index (χ1v) is 8.59. The summed E-state index contributed by atoms with van der Waals surface area (Å²) in [5.41, 5.74) is 0.644. The van der Waals surface area contributed by atoms with Crippen molar-refractivity contribution in [1.29, 1.82) is 0 Å². The molecule has 2 aliphatic rings. The molecule has 2 aliphatic heterocycles. The summed E-state index contributed by atoms with van der Waals surface area (Å²) in [6.45, 7) is 1.27. The Balaban J connectivity index is 1.71. The summed E-state index contributed by atoms with van der Waals surface area (Å²) in [6.07, 6.45) is 0.389. The molecule has 140 valence electrons. The van der Waals surface area contributed by atoms with Crippen LogP contribution in [0.2, 0.25) is 0 Å². The van der Waals surface area contributed by atoms with Crippen LogP contribution in [0.1, 0.15) is 12.0 Å². The number of nitrogens with zero attached hydrogens (tertiary/aromatic N) is 3. The van der Waals surface area contributed by atoms with Gasteiger partial charge in [0.25, 0.3) is 0 Å². The Kier molecular flexibility index (Phi) is 5.51. The number of carbonyl (C=O) groups excluding carboxylic acids is 3. The first kappa shape index (κ1) is 18.3. The van der Waals surface area contributed by atoms with Crippen LogP contribution in [0.25, 0.3) is 0 Å². The maximum Gasteiger partial charge on any atom is 0.248 e. The molecule has 0 spiro atoms. The molecule has 2 fully saturated rings. The second kappa shape index (κ2) is 7.82. The molecule has 0 aliphatic carbocycles. The number of halogens is 1. The minimum atomic E-state index is -0.579. The number of amides is 3. The fourth-order valence-corrected chi connectivity index (χ4v) is 3.48. The van der Waals surface area contributed by atoms with E-state index in [1.165, 1.54) is 24.1 Å². The van der Waals surface area contributed by atoms with Gasteiger partial charge in [-0.15, -0.1) is 0 Å². The van der Waals surface area contributed by atoms with Crippen LogP contribution in [0.3, 0.4) is 0 Å². The van der Waals surface area contributed by atoms with E-state index in [0.717, 1.165) is 0 Å². The monoisotopic (exact) mass is 363 g/mol. The van der Waals surface area contributed by atoms with Crippen LogP contribution in [-0.2, 0) is 25.7 Å². The van der Waals surface area contributed by atoms with E-state index in [4.69, 9.17) is 4.74 Å². The van der Waals surface area contributed by atoms with Gasteiger partial charge in [-0.3, -0.25) is 14.4 Å². The maximum absolute atomic E-state index is 13.4. The van der Waals surface area contributed by atoms with Crippen LogP contribution in [0.15, 0.2) is 24.3 Å². The van der Waals surface area contributed by atoms with Crippen molar-refractivity contribution in [2.75, 3.05) is 39.9 Å². The second-order valence-corrected chi connectivity index (χ2v) is 6.53. The van der Waals surface area contributed by atoms with Gasteiger partial charge in [-0.25, -0.2) is 4.39 Å². The Morgan fingerprint density at radius 3 is 2.81 bits per heavy atom. The molecule has 0 bridgehead atoms.